The Bertz CT molecular complexity index is 3130. The molecule has 2 nitrogen and oxygen atoms in total. The Morgan fingerprint density at radius 1 is 0.298 bits per heavy atom. The zero-order chi connectivity index (χ0) is 37.5. The van der Waals surface area contributed by atoms with Crippen molar-refractivity contribution in [3.05, 3.63) is 235 Å². The molecule has 10 aromatic rings. The fourth-order valence-corrected chi connectivity index (χ4v) is 9.83. The molecule has 2 aliphatic rings. The van der Waals surface area contributed by atoms with Crippen LogP contribution in [0, 0.1) is 0 Å². The summed E-state index contributed by atoms with van der Waals surface area (Å²) in [6.07, 6.45) is 0. The van der Waals surface area contributed by atoms with E-state index in [1.54, 1.807) is 0 Å². The van der Waals surface area contributed by atoms with Crippen molar-refractivity contribution >= 4 is 39.0 Å². The Morgan fingerprint density at radius 2 is 0.807 bits per heavy atom. The number of benzene rings is 9. The van der Waals surface area contributed by atoms with Gasteiger partial charge >= 0.3 is 0 Å². The highest BCUT2D eigenvalue weighted by molar-refractivity contribution is 6.06. The number of para-hydroxylation sites is 1. The first-order valence-corrected chi connectivity index (χ1v) is 19.7. The monoisotopic (exact) mass is 725 g/mol. The van der Waals surface area contributed by atoms with Crippen LogP contribution in [0.25, 0.3) is 66.4 Å². The van der Waals surface area contributed by atoms with Gasteiger partial charge in [0.05, 0.1) is 5.41 Å². The summed E-state index contributed by atoms with van der Waals surface area (Å²) in [6, 6.07) is 77.5. The Labute approximate surface area is 331 Å². The van der Waals surface area contributed by atoms with Gasteiger partial charge in [-0.3, -0.25) is 0 Å². The van der Waals surface area contributed by atoms with Crippen LogP contribution >= 0.6 is 0 Å². The largest absolute Gasteiger partial charge is 0.456 e. The zero-order valence-electron chi connectivity index (χ0n) is 31.1. The molecule has 12 rings (SSSR count). The smallest absolute Gasteiger partial charge is 0.136 e. The van der Waals surface area contributed by atoms with Gasteiger partial charge in [0.15, 0.2) is 0 Å². The van der Waals surface area contributed by atoms with E-state index in [4.69, 9.17) is 4.42 Å². The molecule has 2 heteroatoms. The van der Waals surface area contributed by atoms with Crippen LogP contribution in [-0.4, -0.2) is 0 Å². The molecular formula is C55H35NO. The van der Waals surface area contributed by atoms with E-state index in [2.05, 4.69) is 205 Å². The summed E-state index contributed by atoms with van der Waals surface area (Å²) in [5.74, 6) is 0. The number of hydrogen-bond donors (Lipinski definition) is 0. The number of nitrogens with zero attached hydrogens (tertiary/aromatic N) is 1. The molecule has 0 fully saturated rings. The lowest BCUT2D eigenvalue weighted by molar-refractivity contribution is 0.669. The molecule has 1 aromatic heterocycles. The van der Waals surface area contributed by atoms with Crippen molar-refractivity contribution in [2.24, 2.45) is 0 Å². The third-order valence-corrected chi connectivity index (χ3v) is 12.3. The average molecular weight is 726 g/mol. The summed E-state index contributed by atoms with van der Waals surface area (Å²) in [7, 11) is 0. The highest BCUT2D eigenvalue weighted by Crippen LogP contribution is 2.63. The maximum Gasteiger partial charge on any atom is 0.136 e. The van der Waals surface area contributed by atoms with Crippen LogP contribution in [0.2, 0.25) is 0 Å². The SMILES string of the molecule is c1ccc(-c2ccc(N(c3cccc(-c4ccc5c(c4)oc4ccccc45)c3)c3ccc4c(c3)C3(c5ccccc5-c5ccccc53)c3ccccc3-4)cc2)cc1. The summed E-state index contributed by atoms with van der Waals surface area (Å²) >= 11 is 0. The topological polar surface area (TPSA) is 16.4 Å². The first-order chi connectivity index (χ1) is 28.3. The second-order valence-corrected chi connectivity index (χ2v) is 15.2. The van der Waals surface area contributed by atoms with Crippen molar-refractivity contribution in [2.45, 2.75) is 5.41 Å². The van der Waals surface area contributed by atoms with Gasteiger partial charge in [0.2, 0.25) is 0 Å². The molecule has 0 atom stereocenters. The van der Waals surface area contributed by atoms with Crippen LogP contribution in [0.1, 0.15) is 22.3 Å². The molecule has 0 N–H and O–H groups in total. The standard InChI is InChI=1S/C55H35NO/c1-2-13-36(14-3-1)37-25-28-40(29-26-37)56(41-16-12-15-38(33-41)39-27-31-48-47-20-7-11-24-53(47)57-54(48)34-39)42-30-32-46-45-19-6-10-23-51(45)55(52(46)35-42)49-21-8-4-17-43(49)44-18-5-9-22-50(44)55/h1-35H. The lowest BCUT2D eigenvalue weighted by Gasteiger charge is -2.32. The molecule has 57 heavy (non-hydrogen) atoms. The van der Waals surface area contributed by atoms with Crippen LogP contribution in [0.5, 0.6) is 0 Å². The third-order valence-electron chi connectivity index (χ3n) is 12.3. The molecule has 266 valence electrons. The summed E-state index contributed by atoms with van der Waals surface area (Å²) in [5.41, 5.74) is 19.9. The van der Waals surface area contributed by atoms with Crippen molar-refractivity contribution in [3.63, 3.8) is 0 Å². The molecule has 0 bridgehead atoms. The Hall–Kier alpha value is -7.42. The van der Waals surface area contributed by atoms with E-state index in [0.717, 1.165) is 50.1 Å². The lowest BCUT2D eigenvalue weighted by atomic mass is 9.70. The van der Waals surface area contributed by atoms with E-state index in [1.807, 2.05) is 12.1 Å². The highest BCUT2D eigenvalue weighted by Gasteiger charge is 2.51. The van der Waals surface area contributed by atoms with Crippen molar-refractivity contribution in [2.75, 3.05) is 4.90 Å². The van der Waals surface area contributed by atoms with Gasteiger partial charge in [-0.25, -0.2) is 0 Å². The predicted octanol–water partition coefficient (Wildman–Crippen LogP) is 14.7. The Balaban J connectivity index is 1.06. The normalized spacial score (nSPS) is 13.1. The fraction of sp³-hybridized carbons (Fsp3) is 0.0182. The second kappa shape index (κ2) is 12.3. The molecule has 0 radical (unpaired) electrons. The zero-order valence-corrected chi connectivity index (χ0v) is 31.1. The molecule has 0 aliphatic heterocycles. The van der Waals surface area contributed by atoms with Gasteiger partial charge in [-0.1, -0.05) is 158 Å². The maximum absolute atomic E-state index is 6.33. The van der Waals surface area contributed by atoms with Crippen LogP contribution in [0.15, 0.2) is 217 Å². The Kier molecular flexibility index (Phi) is 6.88. The van der Waals surface area contributed by atoms with E-state index < -0.39 is 5.41 Å². The van der Waals surface area contributed by atoms with Gasteiger partial charge in [0.1, 0.15) is 11.2 Å². The van der Waals surface area contributed by atoms with Gasteiger partial charge in [0.25, 0.3) is 0 Å². The molecule has 0 saturated carbocycles. The molecule has 0 unspecified atom stereocenters. The highest BCUT2D eigenvalue weighted by atomic mass is 16.3. The predicted molar refractivity (Wildman–Crippen MR) is 236 cm³/mol. The minimum absolute atomic E-state index is 0.429. The van der Waals surface area contributed by atoms with Crippen molar-refractivity contribution in [1.82, 2.24) is 0 Å². The van der Waals surface area contributed by atoms with Crippen LogP contribution < -0.4 is 4.90 Å². The first-order valence-electron chi connectivity index (χ1n) is 19.7. The van der Waals surface area contributed by atoms with Gasteiger partial charge in [-0.05, 0) is 121 Å². The molecule has 9 aromatic carbocycles. The molecule has 2 aliphatic carbocycles. The lowest BCUT2D eigenvalue weighted by Crippen LogP contribution is -2.26. The molecule has 1 heterocycles. The molecular weight excluding hydrogens is 691 g/mol. The average Bonchev–Trinajstić information content (AvgIpc) is 3.91. The van der Waals surface area contributed by atoms with Crippen molar-refractivity contribution in [3.8, 4) is 44.5 Å². The van der Waals surface area contributed by atoms with E-state index in [-0.39, 0.29) is 0 Å². The number of rotatable bonds is 5. The van der Waals surface area contributed by atoms with Crippen LogP contribution in [0.3, 0.4) is 0 Å². The van der Waals surface area contributed by atoms with E-state index in [9.17, 15) is 0 Å². The van der Waals surface area contributed by atoms with Crippen LogP contribution in [0.4, 0.5) is 17.1 Å². The number of furan rings is 1. The van der Waals surface area contributed by atoms with Crippen molar-refractivity contribution < 1.29 is 4.42 Å². The number of hydrogen-bond acceptors (Lipinski definition) is 2. The minimum Gasteiger partial charge on any atom is -0.456 e. The van der Waals surface area contributed by atoms with Crippen LogP contribution in [-0.2, 0) is 5.41 Å². The van der Waals surface area contributed by atoms with Gasteiger partial charge < -0.3 is 9.32 Å². The number of fused-ring (bicyclic) bond motifs is 13. The summed E-state index contributed by atoms with van der Waals surface area (Å²) in [6.45, 7) is 0. The second-order valence-electron chi connectivity index (χ2n) is 15.2. The van der Waals surface area contributed by atoms with Gasteiger partial charge in [0, 0.05) is 27.8 Å². The number of anilines is 3. The summed E-state index contributed by atoms with van der Waals surface area (Å²) in [5, 5.41) is 2.27. The van der Waals surface area contributed by atoms with Gasteiger partial charge in [-0.2, -0.15) is 0 Å². The summed E-state index contributed by atoms with van der Waals surface area (Å²) < 4.78 is 6.33. The van der Waals surface area contributed by atoms with E-state index in [0.29, 0.717) is 0 Å². The van der Waals surface area contributed by atoms with E-state index >= 15 is 0 Å². The van der Waals surface area contributed by atoms with Gasteiger partial charge in [-0.15, -0.1) is 0 Å². The molecule has 1 spiro atoms. The van der Waals surface area contributed by atoms with E-state index in [1.165, 1.54) is 55.6 Å². The third kappa shape index (κ3) is 4.65. The quantitative estimate of drug-likeness (QED) is 0.176. The van der Waals surface area contributed by atoms with Crippen molar-refractivity contribution in [1.29, 1.82) is 0 Å². The first kappa shape index (κ1) is 31.9. The Morgan fingerprint density at radius 3 is 1.53 bits per heavy atom. The fourth-order valence-electron chi connectivity index (χ4n) is 9.83. The maximum atomic E-state index is 6.33. The molecule has 0 amide bonds. The molecule has 0 saturated heterocycles. The summed E-state index contributed by atoms with van der Waals surface area (Å²) in [4.78, 5) is 2.42. The minimum atomic E-state index is -0.429.